The van der Waals surface area contributed by atoms with Crippen LogP contribution in [0.25, 0.3) is 11.3 Å². The van der Waals surface area contributed by atoms with Gasteiger partial charge in [-0.15, -0.1) is 0 Å². The Hall–Kier alpha value is -2.41. The number of piperidine rings is 1. The lowest BCUT2D eigenvalue weighted by atomic mass is 9.81. The Morgan fingerprint density at radius 3 is 2.84 bits per heavy atom. The van der Waals surface area contributed by atoms with Gasteiger partial charge in [0.05, 0.1) is 6.61 Å². The summed E-state index contributed by atoms with van der Waals surface area (Å²) in [5.41, 5.74) is 0.686. The molecule has 2 amide bonds. The van der Waals surface area contributed by atoms with Crippen LogP contribution in [0.2, 0.25) is 0 Å². The molecule has 7 heteroatoms. The number of benzene rings is 1. The average molecular weight is 347 g/mol. The van der Waals surface area contributed by atoms with Crippen molar-refractivity contribution in [2.45, 2.75) is 19.8 Å². The molecule has 0 radical (unpaired) electrons. The maximum Gasteiger partial charge on any atom is 0.323 e. The van der Waals surface area contributed by atoms with Gasteiger partial charge in [-0.25, -0.2) is 9.18 Å². The van der Waals surface area contributed by atoms with E-state index in [4.69, 9.17) is 9.26 Å². The predicted octanol–water partition coefficient (Wildman–Crippen LogP) is 3.76. The van der Waals surface area contributed by atoms with Crippen LogP contribution in [0.4, 0.5) is 15.0 Å². The molecule has 0 bridgehead atoms. The summed E-state index contributed by atoms with van der Waals surface area (Å²) < 4.78 is 23.7. The average Bonchev–Trinajstić information content (AvgIpc) is 3.04. The van der Waals surface area contributed by atoms with E-state index in [1.54, 1.807) is 30.2 Å². The van der Waals surface area contributed by atoms with Crippen LogP contribution in [0.15, 0.2) is 34.9 Å². The number of aromatic nitrogens is 1. The zero-order valence-electron chi connectivity index (χ0n) is 14.4. The standard InChI is InChI=1S/C18H22FN3O3/c1-18(12-24-2)6-8-22(9-7-18)17(23)20-16-11-15(25-21-16)13-4-3-5-14(19)10-13/h3-5,10-11H,6-9,12H2,1-2H3,(H,20,21,23). The summed E-state index contributed by atoms with van der Waals surface area (Å²) >= 11 is 0. The Morgan fingerprint density at radius 2 is 2.16 bits per heavy atom. The number of nitrogens with zero attached hydrogens (tertiary/aromatic N) is 2. The molecule has 1 saturated heterocycles. The van der Waals surface area contributed by atoms with Crippen LogP contribution in [0.3, 0.4) is 0 Å². The van der Waals surface area contributed by atoms with E-state index in [2.05, 4.69) is 17.4 Å². The van der Waals surface area contributed by atoms with E-state index in [1.807, 2.05) is 0 Å². The number of methoxy groups -OCH3 is 1. The number of carbonyl (C=O) groups is 1. The van der Waals surface area contributed by atoms with Crippen LogP contribution in [-0.4, -0.2) is 42.9 Å². The lowest BCUT2D eigenvalue weighted by molar-refractivity contribution is 0.0452. The number of urea groups is 1. The van der Waals surface area contributed by atoms with Crippen molar-refractivity contribution in [3.05, 3.63) is 36.1 Å². The van der Waals surface area contributed by atoms with Crippen molar-refractivity contribution in [3.63, 3.8) is 0 Å². The summed E-state index contributed by atoms with van der Waals surface area (Å²) in [7, 11) is 1.70. The first-order valence-corrected chi connectivity index (χ1v) is 8.27. The van der Waals surface area contributed by atoms with Crippen LogP contribution in [0, 0.1) is 11.2 Å². The summed E-state index contributed by atoms with van der Waals surface area (Å²) in [6.07, 6.45) is 1.78. The zero-order valence-corrected chi connectivity index (χ0v) is 14.4. The number of hydrogen-bond donors (Lipinski definition) is 1. The van der Waals surface area contributed by atoms with Crippen molar-refractivity contribution in [2.75, 3.05) is 32.1 Å². The highest BCUT2D eigenvalue weighted by Crippen LogP contribution is 2.31. The first kappa shape index (κ1) is 17.4. The highest BCUT2D eigenvalue weighted by molar-refractivity contribution is 5.88. The maximum atomic E-state index is 13.3. The lowest BCUT2D eigenvalue weighted by Gasteiger charge is -2.38. The third-order valence-electron chi connectivity index (χ3n) is 4.60. The van der Waals surface area contributed by atoms with Gasteiger partial charge in [-0.2, -0.15) is 0 Å². The van der Waals surface area contributed by atoms with Gasteiger partial charge in [0.25, 0.3) is 0 Å². The molecule has 1 aliphatic rings. The fraction of sp³-hybridized carbons (Fsp3) is 0.444. The fourth-order valence-electron chi connectivity index (χ4n) is 3.04. The molecule has 1 N–H and O–H groups in total. The minimum atomic E-state index is -0.355. The highest BCUT2D eigenvalue weighted by atomic mass is 19.1. The van der Waals surface area contributed by atoms with Gasteiger partial charge >= 0.3 is 6.03 Å². The number of ether oxygens (including phenoxy) is 1. The smallest absolute Gasteiger partial charge is 0.323 e. The summed E-state index contributed by atoms with van der Waals surface area (Å²) in [4.78, 5) is 14.1. The topological polar surface area (TPSA) is 67.6 Å². The molecule has 134 valence electrons. The molecule has 0 unspecified atom stereocenters. The SMILES string of the molecule is COCC1(C)CCN(C(=O)Nc2cc(-c3cccc(F)c3)on2)CC1. The normalized spacial score (nSPS) is 16.7. The van der Waals surface area contributed by atoms with Gasteiger partial charge in [0.1, 0.15) is 5.82 Å². The Kier molecular flexibility index (Phi) is 5.03. The second-order valence-electron chi connectivity index (χ2n) is 6.75. The Bertz CT molecular complexity index is 739. The van der Waals surface area contributed by atoms with Crippen LogP contribution >= 0.6 is 0 Å². The lowest BCUT2D eigenvalue weighted by Crippen LogP contribution is -2.45. The van der Waals surface area contributed by atoms with Gasteiger partial charge in [0.2, 0.25) is 0 Å². The van der Waals surface area contributed by atoms with E-state index in [9.17, 15) is 9.18 Å². The van der Waals surface area contributed by atoms with Crippen molar-refractivity contribution in [1.29, 1.82) is 0 Å². The molecule has 3 rings (SSSR count). The monoisotopic (exact) mass is 347 g/mol. The Labute approximate surface area is 145 Å². The second kappa shape index (κ2) is 7.23. The highest BCUT2D eigenvalue weighted by Gasteiger charge is 2.32. The number of anilines is 1. The molecule has 1 fully saturated rings. The Morgan fingerprint density at radius 1 is 1.40 bits per heavy atom. The first-order chi connectivity index (χ1) is 12.0. The first-order valence-electron chi connectivity index (χ1n) is 8.27. The number of hydrogen-bond acceptors (Lipinski definition) is 4. The molecular weight excluding hydrogens is 325 g/mol. The molecule has 0 atom stereocenters. The third kappa shape index (κ3) is 4.17. The summed E-state index contributed by atoms with van der Waals surface area (Å²) in [5, 5.41) is 6.57. The van der Waals surface area contributed by atoms with Crippen LogP contribution in [0.5, 0.6) is 0 Å². The maximum absolute atomic E-state index is 13.3. The summed E-state index contributed by atoms with van der Waals surface area (Å²) in [6.45, 7) is 4.21. The molecule has 0 aliphatic carbocycles. The van der Waals surface area contributed by atoms with Crippen molar-refractivity contribution in [1.82, 2.24) is 10.1 Å². The van der Waals surface area contributed by atoms with E-state index in [0.717, 1.165) is 12.8 Å². The van der Waals surface area contributed by atoms with Crippen molar-refractivity contribution >= 4 is 11.8 Å². The number of nitrogens with one attached hydrogen (secondary N) is 1. The molecular formula is C18H22FN3O3. The van der Waals surface area contributed by atoms with Gasteiger partial charge in [0.15, 0.2) is 11.6 Å². The quantitative estimate of drug-likeness (QED) is 0.914. The van der Waals surface area contributed by atoms with Gasteiger partial charge in [-0.1, -0.05) is 24.2 Å². The molecule has 6 nitrogen and oxygen atoms in total. The molecule has 2 aromatic rings. The fourth-order valence-corrected chi connectivity index (χ4v) is 3.04. The second-order valence-corrected chi connectivity index (χ2v) is 6.75. The molecule has 25 heavy (non-hydrogen) atoms. The van der Waals surface area contributed by atoms with Gasteiger partial charge in [-0.05, 0) is 30.4 Å². The minimum absolute atomic E-state index is 0.115. The van der Waals surface area contributed by atoms with Crippen LogP contribution in [0.1, 0.15) is 19.8 Å². The van der Waals surface area contributed by atoms with Gasteiger partial charge in [-0.3, -0.25) is 5.32 Å². The van der Waals surface area contributed by atoms with E-state index in [-0.39, 0.29) is 17.3 Å². The third-order valence-corrected chi connectivity index (χ3v) is 4.60. The van der Waals surface area contributed by atoms with E-state index >= 15 is 0 Å². The number of amides is 2. The minimum Gasteiger partial charge on any atom is -0.384 e. The summed E-state index contributed by atoms with van der Waals surface area (Å²) in [5.74, 6) is 0.363. The summed E-state index contributed by atoms with van der Waals surface area (Å²) in [6, 6.07) is 7.40. The van der Waals surface area contributed by atoms with E-state index in [1.165, 1.54) is 12.1 Å². The van der Waals surface area contributed by atoms with Crippen molar-refractivity contribution < 1.29 is 18.4 Å². The number of likely N-dealkylation sites (tertiary alicyclic amines) is 1. The van der Waals surface area contributed by atoms with Crippen molar-refractivity contribution in [3.8, 4) is 11.3 Å². The molecule has 0 saturated carbocycles. The number of halogens is 1. The van der Waals surface area contributed by atoms with Crippen LogP contribution in [-0.2, 0) is 4.74 Å². The molecule has 2 heterocycles. The Balaban J connectivity index is 1.59. The molecule has 1 aromatic carbocycles. The molecule has 0 spiro atoms. The van der Waals surface area contributed by atoms with E-state index < -0.39 is 0 Å². The van der Waals surface area contributed by atoms with Gasteiger partial charge in [0, 0.05) is 31.8 Å². The number of rotatable bonds is 4. The van der Waals surface area contributed by atoms with E-state index in [0.29, 0.717) is 36.8 Å². The molecule has 1 aliphatic heterocycles. The number of carbonyl (C=O) groups excluding carboxylic acids is 1. The molecule has 1 aromatic heterocycles. The predicted molar refractivity (Wildman–Crippen MR) is 91.7 cm³/mol. The van der Waals surface area contributed by atoms with Crippen LogP contribution < -0.4 is 5.32 Å². The largest absolute Gasteiger partial charge is 0.384 e. The zero-order chi connectivity index (χ0) is 17.9. The van der Waals surface area contributed by atoms with Gasteiger partial charge < -0.3 is 14.2 Å². The van der Waals surface area contributed by atoms with Crippen molar-refractivity contribution in [2.24, 2.45) is 5.41 Å².